The number of Topliss-reactive ketones (excluding diaryl/α,β-unsaturated/α-hetero) is 1. The van der Waals surface area contributed by atoms with E-state index in [-0.39, 0.29) is 5.78 Å². The van der Waals surface area contributed by atoms with Crippen molar-refractivity contribution in [2.75, 3.05) is 33.7 Å². The molecule has 1 atom stereocenters. The van der Waals surface area contributed by atoms with Crippen LogP contribution >= 0.6 is 0 Å². The zero-order valence-electron chi connectivity index (χ0n) is 13.1. The number of rotatable bonds is 5. The first-order valence-corrected chi connectivity index (χ1v) is 7.46. The summed E-state index contributed by atoms with van der Waals surface area (Å²) in [7, 11) is 4.20. The predicted molar refractivity (Wildman–Crippen MR) is 83.4 cm³/mol. The molecule has 1 aromatic rings. The summed E-state index contributed by atoms with van der Waals surface area (Å²) in [4.78, 5) is 17.1. The topological polar surface area (TPSA) is 23.6 Å². The molecule has 1 unspecified atom stereocenters. The molecule has 0 N–H and O–H groups in total. The molecule has 1 aliphatic rings. The van der Waals surface area contributed by atoms with Crippen LogP contribution in [0.15, 0.2) is 18.2 Å². The Morgan fingerprint density at radius 1 is 1.35 bits per heavy atom. The van der Waals surface area contributed by atoms with Crippen molar-refractivity contribution in [1.29, 1.82) is 0 Å². The fourth-order valence-corrected chi connectivity index (χ4v) is 3.04. The molecule has 0 amide bonds. The van der Waals surface area contributed by atoms with Crippen LogP contribution in [0.1, 0.15) is 34.3 Å². The number of aryl methyl sites for hydroxylation is 2. The van der Waals surface area contributed by atoms with Crippen LogP contribution in [0, 0.1) is 13.8 Å². The minimum Gasteiger partial charge on any atom is -0.308 e. The molecule has 0 bridgehead atoms. The number of carbonyl (C=O) groups excluding carboxylic acids is 1. The van der Waals surface area contributed by atoms with Crippen LogP contribution in [0.4, 0.5) is 0 Å². The van der Waals surface area contributed by atoms with Gasteiger partial charge < -0.3 is 4.90 Å². The fourth-order valence-electron chi connectivity index (χ4n) is 3.04. The molecule has 20 heavy (non-hydrogen) atoms. The molecule has 1 aromatic carbocycles. The van der Waals surface area contributed by atoms with Gasteiger partial charge in [0, 0.05) is 18.2 Å². The highest BCUT2D eigenvalue weighted by Crippen LogP contribution is 2.19. The lowest BCUT2D eigenvalue weighted by atomic mass is 10.0. The highest BCUT2D eigenvalue weighted by molar-refractivity contribution is 5.99. The number of nitrogens with zero attached hydrogens (tertiary/aromatic N) is 2. The molecule has 3 heteroatoms. The number of ketones is 1. The zero-order chi connectivity index (χ0) is 14.7. The molecule has 1 fully saturated rings. The van der Waals surface area contributed by atoms with Gasteiger partial charge in [-0.1, -0.05) is 17.7 Å². The van der Waals surface area contributed by atoms with Gasteiger partial charge in [-0.05, 0) is 59.0 Å². The Labute approximate surface area is 122 Å². The summed E-state index contributed by atoms with van der Waals surface area (Å²) in [5, 5.41) is 0. The summed E-state index contributed by atoms with van der Waals surface area (Å²) < 4.78 is 0. The van der Waals surface area contributed by atoms with Crippen LogP contribution in [-0.4, -0.2) is 55.4 Å². The molecule has 0 radical (unpaired) electrons. The van der Waals surface area contributed by atoms with Crippen molar-refractivity contribution in [3.8, 4) is 0 Å². The predicted octanol–water partition coefficient (Wildman–Crippen LogP) is 2.51. The van der Waals surface area contributed by atoms with Gasteiger partial charge in [0.05, 0.1) is 6.54 Å². The lowest BCUT2D eigenvalue weighted by Crippen LogP contribution is -2.40. The van der Waals surface area contributed by atoms with E-state index >= 15 is 0 Å². The lowest BCUT2D eigenvalue weighted by molar-refractivity contribution is 0.0909. The van der Waals surface area contributed by atoms with Gasteiger partial charge >= 0.3 is 0 Å². The van der Waals surface area contributed by atoms with Gasteiger partial charge in [-0.15, -0.1) is 0 Å². The second kappa shape index (κ2) is 6.51. The molecule has 0 spiro atoms. The van der Waals surface area contributed by atoms with Gasteiger partial charge in [0.25, 0.3) is 0 Å². The largest absolute Gasteiger partial charge is 0.308 e. The molecule has 1 saturated heterocycles. The van der Waals surface area contributed by atoms with Crippen molar-refractivity contribution in [1.82, 2.24) is 9.80 Å². The van der Waals surface area contributed by atoms with E-state index in [0.29, 0.717) is 12.6 Å². The Morgan fingerprint density at radius 2 is 2.10 bits per heavy atom. The summed E-state index contributed by atoms with van der Waals surface area (Å²) in [5.41, 5.74) is 3.13. The van der Waals surface area contributed by atoms with Crippen molar-refractivity contribution >= 4 is 5.78 Å². The third-order valence-corrected chi connectivity index (χ3v) is 4.12. The maximum atomic E-state index is 12.5. The van der Waals surface area contributed by atoms with Crippen LogP contribution in [0.3, 0.4) is 0 Å². The maximum Gasteiger partial charge on any atom is 0.177 e. The Bertz CT molecular complexity index is 482. The van der Waals surface area contributed by atoms with Crippen LogP contribution in [0.2, 0.25) is 0 Å². The van der Waals surface area contributed by atoms with Gasteiger partial charge in [0.2, 0.25) is 0 Å². The Kier molecular flexibility index (Phi) is 4.95. The molecule has 0 aromatic heterocycles. The second-order valence-corrected chi connectivity index (χ2v) is 6.27. The first-order valence-electron chi connectivity index (χ1n) is 7.46. The number of likely N-dealkylation sites (N-methyl/N-ethyl adjacent to an activating group) is 1. The summed E-state index contributed by atoms with van der Waals surface area (Å²) in [6.45, 7) is 6.72. The van der Waals surface area contributed by atoms with Crippen LogP contribution in [-0.2, 0) is 0 Å². The third kappa shape index (κ3) is 3.68. The lowest BCUT2D eigenvalue weighted by Gasteiger charge is -2.26. The summed E-state index contributed by atoms with van der Waals surface area (Å²) in [6, 6.07) is 6.66. The molecule has 3 nitrogen and oxygen atoms in total. The quantitative estimate of drug-likeness (QED) is 0.771. The van der Waals surface area contributed by atoms with Crippen molar-refractivity contribution in [2.24, 2.45) is 0 Å². The SMILES string of the molecule is Cc1ccc(C)c(C(=O)CN2CCCC2CN(C)C)c1. The number of hydrogen-bond donors (Lipinski definition) is 0. The Balaban J connectivity index is 2.05. The van der Waals surface area contributed by atoms with E-state index in [0.717, 1.165) is 29.8 Å². The van der Waals surface area contributed by atoms with E-state index in [9.17, 15) is 4.79 Å². The molecule has 1 heterocycles. The zero-order valence-corrected chi connectivity index (χ0v) is 13.1. The summed E-state index contributed by atoms with van der Waals surface area (Å²) >= 11 is 0. The average molecular weight is 274 g/mol. The highest BCUT2D eigenvalue weighted by Gasteiger charge is 2.27. The summed E-state index contributed by atoms with van der Waals surface area (Å²) in [5.74, 6) is 0.261. The standard InChI is InChI=1S/C17H26N2O/c1-13-7-8-14(2)16(10-13)17(20)12-19-9-5-6-15(19)11-18(3)4/h7-8,10,15H,5-6,9,11-12H2,1-4H3. The van der Waals surface area contributed by atoms with Gasteiger partial charge in [-0.25, -0.2) is 0 Å². The van der Waals surface area contributed by atoms with E-state index in [2.05, 4.69) is 30.0 Å². The monoisotopic (exact) mass is 274 g/mol. The molecule has 110 valence electrons. The first-order chi connectivity index (χ1) is 9.47. The van der Waals surface area contributed by atoms with Gasteiger partial charge in [-0.3, -0.25) is 9.69 Å². The van der Waals surface area contributed by atoms with Crippen LogP contribution < -0.4 is 0 Å². The van der Waals surface area contributed by atoms with Crippen molar-refractivity contribution < 1.29 is 4.79 Å². The fraction of sp³-hybridized carbons (Fsp3) is 0.588. The van der Waals surface area contributed by atoms with Gasteiger partial charge in [0.15, 0.2) is 5.78 Å². The minimum atomic E-state index is 0.261. The molecular weight excluding hydrogens is 248 g/mol. The molecular formula is C17H26N2O. The van der Waals surface area contributed by atoms with E-state index in [4.69, 9.17) is 0 Å². The Hall–Kier alpha value is -1.19. The van der Waals surface area contributed by atoms with Crippen LogP contribution in [0.5, 0.6) is 0 Å². The van der Waals surface area contributed by atoms with Crippen molar-refractivity contribution in [3.63, 3.8) is 0 Å². The van der Waals surface area contributed by atoms with Gasteiger partial charge in [0.1, 0.15) is 0 Å². The Morgan fingerprint density at radius 3 is 2.80 bits per heavy atom. The molecule has 0 saturated carbocycles. The molecule has 2 rings (SSSR count). The van der Waals surface area contributed by atoms with Crippen LogP contribution in [0.25, 0.3) is 0 Å². The minimum absolute atomic E-state index is 0.261. The second-order valence-electron chi connectivity index (χ2n) is 6.27. The average Bonchev–Trinajstić information content (AvgIpc) is 2.78. The number of hydrogen-bond acceptors (Lipinski definition) is 3. The number of benzene rings is 1. The molecule has 0 aliphatic carbocycles. The van der Waals surface area contributed by atoms with E-state index < -0.39 is 0 Å². The van der Waals surface area contributed by atoms with Crippen molar-refractivity contribution in [2.45, 2.75) is 32.7 Å². The van der Waals surface area contributed by atoms with E-state index in [1.54, 1.807) is 0 Å². The number of likely N-dealkylation sites (tertiary alicyclic amines) is 1. The van der Waals surface area contributed by atoms with E-state index in [1.807, 2.05) is 26.0 Å². The summed E-state index contributed by atoms with van der Waals surface area (Å²) in [6.07, 6.45) is 2.41. The molecule has 1 aliphatic heterocycles. The maximum absolute atomic E-state index is 12.5. The van der Waals surface area contributed by atoms with Crippen molar-refractivity contribution in [3.05, 3.63) is 34.9 Å². The van der Waals surface area contributed by atoms with Gasteiger partial charge in [-0.2, -0.15) is 0 Å². The normalized spacial score (nSPS) is 19.8. The highest BCUT2D eigenvalue weighted by atomic mass is 16.1. The first kappa shape index (κ1) is 15.2. The smallest absolute Gasteiger partial charge is 0.177 e. The number of carbonyl (C=O) groups is 1. The van der Waals surface area contributed by atoms with E-state index in [1.165, 1.54) is 12.8 Å². The third-order valence-electron chi connectivity index (χ3n) is 4.12.